The van der Waals surface area contributed by atoms with E-state index in [2.05, 4.69) is 0 Å². The highest BCUT2D eigenvalue weighted by Gasteiger charge is 2.00. The molecular formula is C3H13O9P. The van der Waals surface area contributed by atoms with Gasteiger partial charge in [-0.15, -0.1) is 0 Å². The lowest BCUT2D eigenvalue weighted by Crippen LogP contribution is -2.14. The summed E-state index contributed by atoms with van der Waals surface area (Å²) in [6, 6.07) is 0. The third-order valence-electron chi connectivity index (χ3n) is 0.364. The van der Waals surface area contributed by atoms with Crippen LogP contribution in [0.3, 0.4) is 0 Å². The predicted molar refractivity (Wildman–Crippen MR) is 40.4 cm³/mol. The van der Waals surface area contributed by atoms with Crippen LogP contribution in [0.5, 0.6) is 0 Å². The highest BCUT2D eigenvalue weighted by atomic mass is 31.2. The van der Waals surface area contributed by atoms with E-state index in [9.17, 15) is 4.79 Å². The van der Waals surface area contributed by atoms with Crippen molar-refractivity contribution in [2.75, 3.05) is 0 Å². The molecule has 0 aromatic carbocycles. The van der Waals surface area contributed by atoms with E-state index in [4.69, 9.17) is 29.5 Å². The fourth-order valence-corrected chi connectivity index (χ4v) is 0. The zero-order valence-corrected chi connectivity index (χ0v) is 7.47. The summed E-state index contributed by atoms with van der Waals surface area (Å²) >= 11 is 0. The molecule has 0 atom stereocenters. The number of ketones is 1. The van der Waals surface area contributed by atoms with Crippen molar-refractivity contribution in [3.63, 3.8) is 0 Å². The van der Waals surface area contributed by atoms with Crippen molar-refractivity contribution < 1.29 is 45.2 Å². The second-order valence-corrected chi connectivity index (χ2v) is 2.52. The van der Waals surface area contributed by atoms with Crippen molar-refractivity contribution in [3.8, 4) is 0 Å². The molecule has 0 aliphatic carbocycles. The van der Waals surface area contributed by atoms with Crippen LogP contribution in [-0.2, 0) is 9.36 Å². The average Bonchev–Trinajstić information content (AvgIpc) is 1.59. The van der Waals surface area contributed by atoms with E-state index < -0.39 is 19.9 Å². The van der Waals surface area contributed by atoms with Gasteiger partial charge in [-0.2, -0.15) is 0 Å². The van der Waals surface area contributed by atoms with Crippen LogP contribution >= 0.6 is 7.82 Å². The van der Waals surface area contributed by atoms with Crippen molar-refractivity contribution in [1.82, 2.24) is 0 Å². The molecule has 0 saturated carbocycles. The van der Waals surface area contributed by atoms with Crippen LogP contribution in [0.4, 0.5) is 0 Å². The third kappa shape index (κ3) is 82.1. The number of hydrogen-bond acceptors (Lipinski definition) is 4. The molecule has 0 heterocycles. The molecule has 9 nitrogen and oxygen atoms in total. The van der Waals surface area contributed by atoms with E-state index in [0.29, 0.717) is 0 Å². The monoisotopic (exact) mass is 224 g/mol. The van der Waals surface area contributed by atoms with Crippen LogP contribution in [-0.4, -0.2) is 47.9 Å². The quantitative estimate of drug-likeness (QED) is 0.223. The molecule has 0 aromatic heterocycles. The number of aliphatic hydroxyl groups excluding tert-OH is 1. The normalized spacial score (nSPS) is 8.85. The SMILES string of the molecule is CC(=O)C(O)O.O.O.O=P(O)(O)O. The molecule has 13 heavy (non-hydrogen) atoms. The second kappa shape index (κ2) is 9.71. The first-order valence-electron chi connectivity index (χ1n) is 2.29. The minimum Gasteiger partial charge on any atom is -0.412 e. The Hall–Kier alpha value is -0.380. The maximum atomic E-state index is 9.64. The zero-order valence-electron chi connectivity index (χ0n) is 6.58. The molecule has 0 saturated heterocycles. The maximum absolute atomic E-state index is 9.64. The van der Waals surface area contributed by atoms with Gasteiger partial charge in [0.15, 0.2) is 5.78 Å². The number of aliphatic hydroxyl groups is 2. The average molecular weight is 224 g/mol. The molecule has 0 unspecified atom stereocenters. The van der Waals surface area contributed by atoms with Gasteiger partial charge in [0.05, 0.1) is 0 Å². The minimum absolute atomic E-state index is 0. The lowest BCUT2D eigenvalue weighted by Gasteiger charge is -1.90. The fourth-order valence-electron chi connectivity index (χ4n) is 0. The largest absolute Gasteiger partial charge is 0.466 e. The van der Waals surface area contributed by atoms with Gasteiger partial charge in [0.1, 0.15) is 0 Å². The highest BCUT2D eigenvalue weighted by Crippen LogP contribution is 2.25. The Kier molecular flexibility index (Phi) is 17.1. The van der Waals surface area contributed by atoms with Crippen LogP contribution in [0.2, 0.25) is 0 Å². The van der Waals surface area contributed by atoms with Gasteiger partial charge in [-0.1, -0.05) is 0 Å². The lowest BCUT2D eigenvalue weighted by atomic mass is 10.4. The molecule has 0 aliphatic heterocycles. The molecule has 84 valence electrons. The fraction of sp³-hybridized carbons (Fsp3) is 0.667. The van der Waals surface area contributed by atoms with Gasteiger partial charge >= 0.3 is 7.82 Å². The second-order valence-electron chi connectivity index (χ2n) is 1.50. The summed E-state index contributed by atoms with van der Waals surface area (Å²) in [6.45, 7) is 1.10. The Morgan fingerprint density at radius 3 is 1.23 bits per heavy atom. The van der Waals surface area contributed by atoms with E-state index in [1.54, 1.807) is 0 Å². The Balaban J connectivity index is -0.0000000546. The Bertz CT molecular complexity index is 150. The molecule has 10 heteroatoms. The maximum Gasteiger partial charge on any atom is 0.466 e. The molecular weight excluding hydrogens is 211 g/mol. The summed E-state index contributed by atoms with van der Waals surface area (Å²) < 4.78 is 8.88. The standard InChI is InChI=1S/C3H6O3.H3O4P.2H2O/c1-2(4)3(5)6;1-5(2,3)4;;/h3,5-6H,1H3;(H3,1,2,3,4);2*1H2. The van der Waals surface area contributed by atoms with E-state index in [-0.39, 0.29) is 11.0 Å². The first-order valence-corrected chi connectivity index (χ1v) is 3.86. The number of carbonyl (C=O) groups excluding carboxylic acids is 1. The topological polar surface area (TPSA) is 198 Å². The van der Waals surface area contributed by atoms with Crippen molar-refractivity contribution in [2.45, 2.75) is 13.2 Å². The number of phosphoric acid groups is 1. The molecule has 0 spiro atoms. The van der Waals surface area contributed by atoms with Gasteiger partial charge in [0.25, 0.3) is 0 Å². The Labute approximate surface area is 73.1 Å². The molecule has 0 aromatic rings. The summed E-state index contributed by atoms with van der Waals surface area (Å²) in [5.41, 5.74) is 0. The minimum atomic E-state index is -4.64. The van der Waals surface area contributed by atoms with Crippen LogP contribution < -0.4 is 0 Å². The van der Waals surface area contributed by atoms with E-state index in [1.165, 1.54) is 0 Å². The zero-order chi connectivity index (χ0) is 9.65. The van der Waals surface area contributed by atoms with Crippen molar-refractivity contribution >= 4 is 13.6 Å². The Morgan fingerprint density at radius 2 is 1.23 bits per heavy atom. The summed E-state index contributed by atoms with van der Waals surface area (Å²) in [7, 11) is -4.64. The molecule has 0 rings (SSSR count). The van der Waals surface area contributed by atoms with Crippen LogP contribution in [0.25, 0.3) is 0 Å². The highest BCUT2D eigenvalue weighted by molar-refractivity contribution is 7.45. The van der Waals surface area contributed by atoms with Gasteiger partial charge in [-0.3, -0.25) is 4.79 Å². The van der Waals surface area contributed by atoms with Gasteiger partial charge in [-0.05, 0) is 6.92 Å². The first kappa shape index (κ1) is 22.9. The molecule has 9 N–H and O–H groups in total. The summed E-state index contributed by atoms with van der Waals surface area (Å²) in [5, 5.41) is 15.7. The lowest BCUT2D eigenvalue weighted by molar-refractivity contribution is -0.142. The summed E-state index contributed by atoms with van der Waals surface area (Å²) in [5.74, 6) is -0.630. The first-order chi connectivity index (χ1) is 4.64. The Morgan fingerprint density at radius 1 is 1.15 bits per heavy atom. The van der Waals surface area contributed by atoms with Gasteiger partial charge in [-0.25, -0.2) is 4.57 Å². The molecule has 0 radical (unpaired) electrons. The van der Waals surface area contributed by atoms with Crippen molar-refractivity contribution in [2.24, 2.45) is 0 Å². The summed E-state index contributed by atoms with van der Waals surface area (Å²) in [4.78, 5) is 31.2. The van der Waals surface area contributed by atoms with Gasteiger partial charge in [0, 0.05) is 0 Å². The van der Waals surface area contributed by atoms with Crippen LogP contribution in [0, 0.1) is 0 Å². The third-order valence-corrected chi connectivity index (χ3v) is 0.364. The summed E-state index contributed by atoms with van der Waals surface area (Å²) in [6.07, 6.45) is -1.79. The number of hydrogen-bond donors (Lipinski definition) is 5. The molecule has 0 aliphatic rings. The molecule has 0 fully saturated rings. The van der Waals surface area contributed by atoms with Gasteiger partial charge < -0.3 is 35.8 Å². The molecule has 0 bridgehead atoms. The van der Waals surface area contributed by atoms with Crippen LogP contribution in [0.1, 0.15) is 6.92 Å². The van der Waals surface area contributed by atoms with E-state index in [0.717, 1.165) is 6.92 Å². The molecule has 0 amide bonds. The number of Topliss-reactive ketones (excluding diaryl/α,β-unsaturated/α-hetero) is 1. The van der Waals surface area contributed by atoms with Crippen LogP contribution in [0.15, 0.2) is 0 Å². The van der Waals surface area contributed by atoms with Crippen molar-refractivity contribution in [3.05, 3.63) is 0 Å². The van der Waals surface area contributed by atoms with E-state index in [1.807, 2.05) is 0 Å². The number of rotatable bonds is 1. The number of carbonyl (C=O) groups is 1. The van der Waals surface area contributed by atoms with Gasteiger partial charge in [0.2, 0.25) is 6.29 Å². The van der Waals surface area contributed by atoms with E-state index >= 15 is 0 Å². The van der Waals surface area contributed by atoms with Crippen molar-refractivity contribution in [1.29, 1.82) is 0 Å². The predicted octanol–water partition coefficient (Wildman–Crippen LogP) is -3.69. The smallest absolute Gasteiger partial charge is 0.412 e.